The van der Waals surface area contributed by atoms with Crippen LogP contribution in [0.3, 0.4) is 0 Å². The molecule has 1 aliphatic rings. The molecule has 1 aliphatic heterocycles. The molecule has 1 unspecified atom stereocenters. The Kier molecular flexibility index (Phi) is 2.92. The van der Waals surface area contributed by atoms with Crippen molar-refractivity contribution in [2.24, 2.45) is 0 Å². The summed E-state index contributed by atoms with van der Waals surface area (Å²) in [4.78, 5) is 2.43. The molecular weight excluding hydrogens is 222 g/mol. The van der Waals surface area contributed by atoms with Crippen molar-refractivity contribution < 1.29 is 0 Å². The fourth-order valence-corrected chi connectivity index (χ4v) is 2.82. The summed E-state index contributed by atoms with van der Waals surface area (Å²) < 4.78 is 2.00. The third-order valence-electron chi connectivity index (χ3n) is 3.84. The Bertz CT molecular complexity index is 530. The van der Waals surface area contributed by atoms with Crippen LogP contribution >= 0.6 is 0 Å². The van der Waals surface area contributed by atoms with Crippen LogP contribution < -0.4 is 0 Å². The lowest BCUT2D eigenvalue weighted by molar-refractivity contribution is 0.316. The van der Waals surface area contributed by atoms with Crippen molar-refractivity contribution in [3.63, 3.8) is 0 Å². The Morgan fingerprint density at radius 2 is 2.00 bits per heavy atom. The van der Waals surface area contributed by atoms with E-state index in [2.05, 4.69) is 42.3 Å². The Hall–Kier alpha value is -1.61. The lowest BCUT2D eigenvalue weighted by Crippen LogP contribution is -2.17. The fraction of sp³-hybridized carbons (Fsp3) is 0.400. The second-order valence-corrected chi connectivity index (χ2v) is 5.09. The third-order valence-corrected chi connectivity index (χ3v) is 3.84. The van der Waals surface area contributed by atoms with E-state index in [9.17, 15) is 0 Å². The summed E-state index contributed by atoms with van der Waals surface area (Å²) in [6.07, 6.45) is 4.73. The second kappa shape index (κ2) is 4.58. The zero-order valence-corrected chi connectivity index (χ0v) is 11.0. The van der Waals surface area contributed by atoms with Crippen LogP contribution in [0.25, 0.3) is 5.69 Å². The Labute approximate surface area is 108 Å². The van der Waals surface area contributed by atoms with E-state index < -0.39 is 0 Å². The van der Waals surface area contributed by atoms with Gasteiger partial charge in [0.1, 0.15) is 0 Å². The highest BCUT2D eigenvalue weighted by atomic mass is 15.3. The van der Waals surface area contributed by atoms with E-state index in [0.717, 1.165) is 11.4 Å². The van der Waals surface area contributed by atoms with Crippen LogP contribution in [0.1, 0.15) is 30.1 Å². The first kappa shape index (κ1) is 11.5. The first-order valence-electron chi connectivity index (χ1n) is 6.57. The molecule has 2 aromatic rings. The molecular formula is C15H19N3. The van der Waals surface area contributed by atoms with Gasteiger partial charge in [0.15, 0.2) is 0 Å². The largest absolute Gasteiger partial charge is 0.299 e. The van der Waals surface area contributed by atoms with Crippen molar-refractivity contribution >= 4 is 0 Å². The maximum Gasteiger partial charge on any atom is 0.0646 e. The van der Waals surface area contributed by atoms with Gasteiger partial charge in [-0.1, -0.05) is 18.2 Å². The van der Waals surface area contributed by atoms with E-state index in [1.54, 1.807) is 0 Å². The normalized spacial score (nSPS) is 20.4. The smallest absolute Gasteiger partial charge is 0.0646 e. The van der Waals surface area contributed by atoms with E-state index in [1.165, 1.54) is 24.9 Å². The lowest BCUT2D eigenvalue weighted by Gasteiger charge is -2.18. The predicted octanol–water partition coefficient (Wildman–Crippen LogP) is 2.95. The minimum atomic E-state index is 0.544. The van der Waals surface area contributed by atoms with Crippen molar-refractivity contribution in [3.05, 3.63) is 47.8 Å². The van der Waals surface area contributed by atoms with Crippen molar-refractivity contribution in [2.75, 3.05) is 13.6 Å². The number of benzene rings is 1. The highest BCUT2D eigenvalue weighted by Gasteiger charge is 2.25. The molecule has 18 heavy (non-hydrogen) atoms. The number of rotatable bonds is 2. The molecule has 1 aromatic heterocycles. The minimum absolute atomic E-state index is 0.544. The molecule has 1 fully saturated rings. The molecule has 0 amide bonds. The summed E-state index contributed by atoms with van der Waals surface area (Å²) in [7, 11) is 2.21. The average Bonchev–Trinajstić information content (AvgIpc) is 2.96. The summed E-state index contributed by atoms with van der Waals surface area (Å²) in [6.45, 7) is 3.31. The summed E-state index contributed by atoms with van der Waals surface area (Å²) in [5.74, 6) is 0. The SMILES string of the molecule is Cc1nn(-c2ccccc2)cc1C1CCCN1C. The van der Waals surface area contributed by atoms with Crippen LogP contribution in [0.15, 0.2) is 36.5 Å². The number of likely N-dealkylation sites (tertiary alicyclic amines) is 1. The van der Waals surface area contributed by atoms with Gasteiger partial charge in [0.05, 0.1) is 11.4 Å². The molecule has 3 heteroatoms. The molecule has 2 heterocycles. The van der Waals surface area contributed by atoms with Crippen molar-refractivity contribution in [1.29, 1.82) is 0 Å². The van der Waals surface area contributed by atoms with Crippen LogP contribution in [-0.2, 0) is 0 Å². The van der Waals surface area contributed by atoms with Crippen LogP contribution in [0.5, 0.6) is 0 Å². The maximum absolute atomic E-state index is 4.65. The van der Waals surface area contributed by atoms with Gasteiger partial charge in [0.25, 0.3) is 0 Å². The monoisotopic (exact) mass is 241 g/mol. The molecule has 1 saturated heterocycles. The van der Waals surface area contributed by atoms with Crippen LogP contribution in [0.4, 0.5) is 0 Å². The molecule has 3 rings (SSSR count). The maximum atomic E-state index is 4.65. The highest BCUT2D eigenvalue weighted by Crippen LogP contribution is 2.32. The van der Waals surface area contributed by atoms with Crippen molar-refractivity contribution in [3.8, 4) is 5.69 Å². The molecule has 0 saturated carbocycles. The third kappa shape index (κ3) is 1.95. The van der Waals surface area contributed by atoms with Gasteiger partial charge in [-0.05, 0) is 45.5 Å². The van der Waals surface area contributed by atoms with Crippen LogP contribution in [0, 0.1) is 6.92 Å². The Morgan fingerprint density at radius 3 is 2.67 bits per heavy atom. The molecule has 94 valence electrons. The minimum Gasteiger partial charge on any atom is -0.299 e. The summed E-state index contributed by atoms with van der Waals surface area (Å²) in [6, 6.07) is 10.9. The zero-order valence-electron chi connectivity index (χ0n) is 11.0. The van der Waals surface area contributed by atoms with Gasteiger partial charge in [-0.2, -0.15) is 5.10 Å². The number of para-hydroxylation sites is 1. The Morgan fingerprint density at radius 1 is 1.22 bits per heavy atom. The van der Waals surface area contributed by atoms with E-state index >= 15 is 0 Å². The molecule has 1 aromatic carbocycles. The number of aromatic nitrogens is 2. The highest BCUT2D eigenvalue weighted by molar-refractivity contribution is 5.33. The van der Waals surface area contributed by atoms with Crippen molar-refractivity contribution in [1.82, 2.24) is 14.7 Å². The topological polar surface area (TPSA) is 21.1 Å². The summed E-state index contributed by atoms with van der Waals surface area (Å²) in [5.41, 5.74) is 3.66. The Balaban J connectivity index is 1.96. The predicted molar refractivity (Wildman–Crippen MR) is 72.9 cm³/mol. The molecule has 0 N–H and O–H groups in total. The zero-order chi connectivity index (χ0) is 12.5. The van der Waals surface area contributed by atoms with E-state index in [4.69, 9.17) is 0 Å². The number of hydrogen-bond donors (Lipinski definition) is 0. The van der Waals surface area contributed by atoms with Gasteiger partial charge in [-0.15, -0.1) is 0 Å². The second-order valence-electron chi connectivity index (χ2n) is 5.09. The average molecular weight is 241 g/mol. The summed E-state index contributed by atoms with van der Waals surface area (Å²) in [5, 5.41) is 4.65. The molecule has 3 nitrogen and oxygen atoms in total. The summed E-state index contributed by atoms with van der Waals surface area (Å²) >= 11 is 0. The van der Waals surface area contributed by atoms with Crippen LogP contribution in [-0.4, -0.2) is 28.3 Å². The first-order valence-corrected chi connectivity index (χ1v) is 6.57. The fourth-order valence-electron chi connectivity index (χ4n) is 2.82. The van der Waals surface area contributed by atoms with Gasteiger partial charge < -0.3 is 0 Å². The van der Waals surface area contributed by atoms with Gasteiger partial charge in [0.2, 0.25) is 0 Å². The molecule has 0 bridgehead atoms. The number of aryl methyl sites for hydroxylation is 1. The van der Waals surface area contributed by atoms with Gasteiger partial charge in [0, 0.05) is 17.8 Å². The van der Waals surface area contributed by atoms with Crippen LogP contribution in [0.2, 0.25) is 0 Å². The van der Waals surface area contributed by atoms with E-state index in [1.807, 2.05) is 22.9 Å². The van der Waals surface area contributed by atoms with Crippen molar-refractivity contribution in [2.45, 2.75) is 25.8 Å². The molecule has 0 radical (unpaired) electrons. The molecule has 1 atom stereocenters. The standard InChI is InChI=1S/C15H19N3/c1-12-14(15-9-6-10-17(15)2)11-18(16-12)13-7-4-3-5-8-13/h3-5,7-8,11,15H,6,9-10H2,1-2H3. The van der Waals surface area contributed by atoms with E-state index in [-0.39, 0.29) is 0 Å². The lowest BCUT2D eigenvalue weighted by atomic mass is 10.1. The quantitative estimate of drug-likeness (QED) is 0.806. The van der Waals surface area contributed by atoms with Gasteiger partial charge in [-0.3, -0.25) is 4.90 Å². The number of nitrogens with zero attached hydrogens (tertiary/aromatic N) is 3. The molecule has 0 aliphatic carbocycles. The van der Waals surface area contributed by atoms with E-state index in [0.29, 0.717) is 6.04 Å². The van der Waals surface area contributed by atoms with Gasteiger partial charge >= 0.3 is 0 Å². The first-order chi connectivity index (χ1) is 8.75. The number of hydrogen-bond acceptors (Lipinski definition) is 2. The van der Waals surface area contributed by atoms with Gasteiger partial charge in [-0.25, -0.2) is 4.68 Å². The molecule has 0 spiro atoms.